The summed E-state index contributed by atoms with van der Waals surface area (Å²) < 4.78 is 4.69. The maximum absolute atomic E-state index is 10.9. The van der Waals surface area contributed by atoms with Crippen molar-refractivity contribution in [3.05, 3.63) is 12.2 Å². The lowest BCUT2D eigenvalue weighted by Gasteiger charge is -2.11. The summed E-state index contributed by atoms with van der Waals surface area (Å²) >= 11 is 0. The summed E-state index contributed by atoms with van der Waals surface area (Å²) in [5.41, 5.74) is 2.35. The van der Waals surface area contributed by atoms with Crippen molar-refractivity contribution >= 4 is 12.3 Å². The third-order valence-electron chi connectivity index (χ3n) is 3.03. The number of rotatable bonds is 3. The molecular formula is C11H16N2O2. The lowest BCUT2D eigenvalue weighted by Crippen LogP contribution is -2.20. The summed E-state index contributed by atoms with van der Waals surface area (Å²) in [6.45, 7) is 2.14. The van der Waals surface area contributed by atoms with Crippen molar-refractivity contribution in [1.29, 1.82) is 0 Å². The highest BCUT2D eigenvalue weighted by Gasteiger charge is 2.34. The monoisotopic (exact) mass is 208 g/mol. The Morgan fingerprint density at radius 2 is 2.47 bits per heavy atom. The Bertz CT molecular complexity index is 299. The van der Waals surface area contributed by atoms with Crippen LogP contribution >= 0.6 is 0 Å². The second kappa shape index (κ2) is 4.47. The van der Waals surface area contributed by atoms with Gasteiger partial charge in [0.2, 0.25) is 0 Å². The van der Waals surface area contributed by atoms with Gasteiger partial charge in [0.1, 0.15) is 0 Å². The first-order valence-electron chi connectivity index (χ1n) is 5.44. The molecule has 2 aliphatic carbocycles. The standard InChI is InChI=1S/C11H16N2O2/c1-2-15-11(14)13-12-7-10-6-8-3-4-9(10)5-8/h3-4,7-10H,2,5-6H2,1H3,(H,13,14). The number of amides is 1. The van der Waals surface area contributed by atoms with Crippen molar-refractivity contribution in [1.82, 2.24) is 5.43 Å². The van der Waals surface area contributed by atoms with E-state index < -0.39 is 6.09 Å². The molecule has 4 heteroatoms. The van der Waals surface area contributed by atoms with Crippen LogP contribution in [0.1, 0.15) is 19.8 Å². The maximum atomic E-state index is 10.9. The minimum atomic E-state index is -0.479. The number of hydrogen-bond donors (Lipinski definition) is 1. The van der Waals surface area contributed by atoms with Crippen LogP contribution in [0.5, 0.6) is 0 Å². The molecule has 1 fully saturated rings. The van der Waals surface area contributed by atoms with Crippen molar-refractivity contribution in [2.24, 2.45) is 22.9 Å². The molecule has 0 radical (unpaired) electrons. The Morgan fingerprint density at radius 1 is 1.60 bits per heavy atom. The minimum absolute atomic E-state index is 0.373. The summed E-state index contributed by atoms with van der Waals surface area (Å²) in [5.74, 6) is 1.85. The number of nitrogens with one attached hydrogen (secondary N) is 1. The van der Waals surface area contributed by atoms with E-state index in [1.165, 1.54) is 6.42 Å². The first kappa shape index (κ1) is 10.2. The number of hydrazone groups is 1. The topological polar surface area (TPSA) is 50.7 Å². The first-order chi connectivity index (χ1) is 7.29. The molecule has 0 aromatic heterocycles. The lowest BCUT2D eigenvalue weighted by molar-refractivity contribution is 0.152. The van der Waals surface area contributed by atoms with Gasteiger partial charge in [0.25, 0.3) is 0 Å². The van der Waals surface area contributed by atoms with E-state index in [0.29, 0.717) is 18.4 Å². The van der Waals surface area contributed by atoms with Crippen molar-refractivity contribution < 1.29 is 9.53 Å². The Balaban J connectivity index is 1.75. The van der Waals surface area contributed by atoms with Gasteiger partial charge in [-0.05, 0) is 31.6 Å². The summed E-state index contributed by atoms with van der Waals surface area (Å²) in [6, 6.07) is 0. The SMILES string of the molecule is CCOC(=O)NN=CC1CC2C=CC1C2. The molecule has 2 aliphatic rings. The van der Waals surface area contributed by atoms with Gasteiger partial charge in [-0.3, -0.25) is 0 Å². The normalized spacial score (nSPS) is 32.5. The van der Waals surface area contributed by atoms with Gasteiger partial charge in [0.15, 0.2) is 0 Å². The number of fused-ring (bicyclic) bond motifs is 2. The predicted molar refractivity (Wildman–Crippen MR) is 57.5 cm³/mol. The number of allylic oxidation sites excluding steroid dienone is 2. The van der Waals surface area contributed by atoms with Gasteiger partial charge in [-0.15, -0.1) is 0 Å². The largest absolute Gasteiger partial charge is 0.449 e. The van der Waals surface area contributed by atoms with E-state index in [4.69, 9.17) is 4.74 Å². The second-order valence-electron chi connectivity index (χ2n) is 4.05. The maximum Gasteiger partial charge on any atom is 0.427 e. The molecule has 3 atom stereocenters. The molecule has 0 saturated heterocycles. The van der Waals surface area contributed by atoms with Gasteiger partial charge in [-0.1, -0.05) is 12.2 Å². The van der Waals surface area contributed by atoms with Gasteiger partial charge in [0.05, 0.1) is 6.61 Å². The van der Waals surface area contributed by atoms with Crippen LogP contribution < -0.4 is 5.43 Å². The van der Waals surface area contributed by atoms with E-state index in [2.05, 4.69) is 22.7 Å². The highest BCUT2D eigenvalue weighted by molar-refractivity contribution is 5.70. The smallest absolute Gasteiger partial charge is 0.427 e. The predicted octanol–water partition coefficient (Wildman–Crippen LogP) is 1.93. The zero-order valence-corrected chi connectivity index (χ0v) is 8.85. The number of carbonyl (C=O) groups excluding carboxylic acids is 1. The van der Waals surface area contributed by atoms with Crippen LogP contribution in [0.4, 0.5) is 4.79 Å². The van der Waals surface area contributed by atoms with Gasteiger partial charge in [-0.25, -0.2) is 10.2 Å². The molecule has 0 aromatic rings. The molecule has 0 spiro atoms. The number of ether oxygens (including phenoxy) is 1. The van der Waals surface area contributed by atoms with Crippen LogP contribution in [0.2, 0.25) is 0 Å². The molecule has 0 heterocycles. The van der Waals surface area contributed by atoms with Crippen molar-refractivity contribution in [3.63, 3.8) is 0 Å². The van der Waals surface area contributed by atoms with E-state index >= 15 is 0 Å². The van der Waals surface area contributed by atoms with Crippen molar-refractivity contribution in [2.75, 3.05) is 6.61 Å². The minimum Gasteiger partial charge on any atom is -0.449 e. The third-order valence-corrected chi connectivity index (χ3v) is 3.03. The Labute approximate surface area is 89.4 Å². The Hall–Kier alpha value is -1.32. The van der Waals surface area contributed by atoms with E-state index in [1.807, 2.05) is 6.21 Å². The Kier molecular flexibility index (Phi) is 3.04. The highest BCUT2D eigenvalue weighted by Crippen LogP contribution is 2.42. The molecule has 4 nitrogen and oxygen atoms in total. The average Bonchev–Trinajstić information content (AvgIpc) is 2.79. The molecule has 82 valence electrons. The molecule has 3 unspecified atom stereocenters. The second-order valence-corrected chi connectivity index (χ2v) is 4.05. The van der Waals surface area contributed by atoms with E-state index in [9.17, 15) is 4.79 Å². The summed E-state index contributed by atoms with van der Waals surface area (Å²) in [7, 11) is 0. The van der Waals surface area contributed by atoms with Crippen LogP contribution in [0.25, 0.3) is 0 Å². The molecule has 0 aromatic carbocycles. The first-order valence-corrected chi connectivity index (χ1v) is 5.44. The van der Waals surface area contributed by atoms with Crippen LogP contribution in [0.15, 0.2) is 17.3 Å². The van der Waals surface area contributed by atoms with E-state index in [0.717, 1.165) is 12.3 Å². The summed E-state index contributed by atoms with van der Waals surface area (Å²) in [6.07, 6.45) is 8.31. The van der Waals surface area contributed by atoms with E-state index in [-0.39, 0.29) is 0 Å². The highest BCUT2D eigenvalue weighted by atomic mass is 16.5. The molecule has 15 heavy (non-hydrogen) atoms. The molecule has 2 rings (SSSR count). The molecule has 1 saturated carbocycles. The fourth-order valence-corrected chi connectivity index (χ4v) is 2.34. The fourth-order valence-electron chi connectivity index (χ4n) is 2.34. The molecule has 2 bridgehead atoms. The summed E-state index contributed by atoms with van der Waals surface area (Å²) in [5, 5.41) is 3.91. The van der Waals surface area contributed by atoms with Crippen molar-refractivity contribution in [3.8, 4) is 0 Å². The van der Waals surface area contributed by atoms with Gasteiger partial charge >= 0.3 is 6.09 Å². The van der Waals surface area contributed by atoms with Gasteiger partial charge < -0.3 is 4.74 Å². The zero-order chi connectivity index (χ0) is 10.7. The quantitative estimate of drug-likeness (QED) is 0.437. The van der Waals surface area contributed by atoms with Crippen LogP contribution in [0, 0.1) is 17.8 Å². The molecule has 1 N–H and O–H groups in total. The average molecular weight is 208 g/mol. The van der Waals surface area contributed by atoms with Crippen molar-refractivity contribution in [2.45, 2.75) is 19.8 Å². The molecule has 0 aliphatic heterocycles. The van der Waals surface area contributed by atoms with Gasteiger partial charge in [-0.2, -0.15) is 5.10 Å². The van der Waals surface area contributed by atoms with Gasteiger partial charge in [0, 0.05) is 12.1 Å². The number of nitrogens with zero attached hydrogens (tertiary/aromatic N) is 1. The lowest BCUT2D eigenvalue weighted by atomic mass is 9.95. The number of hydrogen-bond acceptors (Lipinski definition) is 3. The number of carbonyl (C=O) groups is 1. The molecular weight excluding hydrogens is 192 g/mol. The van der Waals surface area contributed by atoms with Crippen LogP contribution in [-0.4, -0.2) is 18.9 Å². The van der Waals surface area contributed by atoms with Crippen LogP contribution in [-0.2, 0) is 4.74 Å². The van der Waals surface area contributed by atoms with E-state index in [1.54, 1.807) is 6.92 Å². The Morgan fingerprint density at radius 3 is 3.07 bits per heavy atom. The van der Waals surface area contributed by atoms with Crippen LogP contribution in [0.3, 0.4) is 0 Å². The third kappa shape index (κ3) is 2.37. The summed E-state index contributed by atoms with van der Waals surface area (Å²) in [4.78, 5) is 10.9. The molecule has 1 amide bonds. The zero-order valence-electron chi connectivity index (χ0n) is 8.85. The fraction of sp³-hybridized carbons (Fsp3) is 0.636.